The number of nitrogens with two attached hydrogens (primary N) is 1. The second-order valence-electron chi connectivity index (χ2n) is 5.80. The molecule has 1 aliphatic rings. The molecule has 1 atom stereocenters. The average molecular weight is 341 g/mol. The molecule has 1 heterocycles. The van der Waals surface area contributed by atoms with E-state index in [4.69, 9.17) is 9.88 Å². The Morgan fingerprint density at radius 1 is 1.30 bits per heavy atom. The van der Waals surface area contributed by atoms with Crippen LogP contribution in [-0.4, -0.2) is 58.6 Å². The van der Waals surface area contributed by atoms with E-state index in [1.807, 2.05) is 0 Å². The predicted molar refractivity (Wildman–Crippen MR) is 86.6 cm³/mol. The summed E-state index contributed by atoms with van der Waals surface area (Å²) >= 11 is 0. The first-order valence-corrected chi connectivity index (χ1v) is 9.12. The minimum atomic E-state index is -3.73. The van der Waals surface area contributed by atoms with Crippen molar-refractivity contribution in [2.45, 2.75) is 11.8 Å². The van der Waals surface area contributed by atoms with Gasteiger partial charge < -0.3 is 10.1 Å². The maximum Gasteiger partial charge on any atom is 0.251 e. The number of nitrogens with one attached hydrogen (secondary N) is 1. The molecule has 1 fully saturated rings. The highest BCUT2D eigenvalue weighted by atomic mass is 32.2. The number of morpholine rings is 1. The van der Waals surface area contributed by atoms with Crippen LogP contribution in [-0.2, 0) is 14.8 Å². The number of ether oxygens (including phenoxy) is 1. The van der Waals surface area contributed by atoms with Crippen LogP contribution in [0.3, 0.4) is 0 Å². The summed E-state index contributed by atoms with van der Waals surface area (Å²) in [5, 5.41) is 7.90. The van der Waals surface area contributed by atoms with Crippen molar-refractivity contribution in [2.24, 2.45) is 11.1 Å². The van der Waals surface area contributed by atoms with Crippen LogP contribution in [0.2, 0.25) is 0 Å². The van der Waals surface area contributed by atoms with Gasteiger partial charge in [-0.3, -0.25) is 9.69 Å². The lowest BCUT2D eigenvalue weighted by Gasteiger charge is -2.29. The number of carbonyl (C=O) groups is 1. The zero-order valence-electron chi connectivity index (χ0n) is 13.2. The van der Waals surface area contributed by atoms with Gasteiger partial charge in [0.05, 0.1) is 18.1 Å². The van der Waals surface area contributed by atoms with E-state index in [9.17, 15) is 13.2 Å². The maximum absolute atomic E-state index is 12.1. The maximum atomic E-state index is 12.1. The monoisotopic (exact) mass is 341 g/mol. The zero-order valence-corrected chi connectivity index (χ0v) is 14.0. The molecule has 1 aliphatic heterocycles. The van der Waals surface area contributed by atoms with Gasteiger partial charge in [-0.25, -0.2) is 13.6 Å². The van der Waals surface area contributed by atoms with E-state index in [-0.39, 0.29) is 10.8 Å². The van der Waals surface area contributed by atoms with Crippen molar-refractivity contribution < 1.29 is 17.9 Å². The Morgan fingerprint density at radius 2 is 1.91 bits per heavy atom. The number of hydrogen-bond acceptors (Lipinski definition) is 5. The van der Waals surface area contributed by atoms with E-state index in [2.05, 4.69) is 17.1 Å². The second-order valence-corrected chi connectivity index (χ2v) is 7.36. The summed E-state index contributed by atoms with van der Waals surface area (Å²) < 4.78 is 27.7. The van der Waals surface area contributed by atoms with Crippen molar-refractivity contribution >= 4 is 15.9 Å². The van der Waals surface area contributed by atoms with Crippen LogP contribution in [0.4, 0.5) is 0 Å². The van der Waals surface area contributed by atoms with Crippen LogP contribution in [0.25, 0.3) is 0 Å². The van der Waals surface area contributed by atoms with Gasteiger partial charge >= 0.3 is 0 Å². The molecule has 0 aliphatic carbocycles. The minimum absolute atomic E-state index is 0.00487. The molecule has 23 heavy (non-hydrogen) atoms. The molecule has 1 aromatic rings. The highest BCUT2D eigenvalue weighted by molar-refractivity contribution is 7.89. The van der Waals surface area contributed by atoms with Gasteiger partial charge in [0.25, 0.3) is 5.91 Å². The quantitative estimate of drug-likeness (QED) is 0.760. The molecule has 1 saturated heterocycles. The van der Waals surface area contributed by atoms with E-state index >= 15 is 0 Å². The van der Waals surface area contributed by atoms with Gasteiger partial charge in [-0.15, -0.1) is 0 Å². The third-order valence-corrected chi connectivity index (χ3v) is 4.66. The average Bonchev–Trinajstić information content (AvgIpc) is 2.53. The van der Waals surface area contributed by atoms with Gasteiger partial charge in [-0.2, -0.15) is 0 Å². The Balaban J connectivity index is 1.82. The van der Waals surface area contributed by atoms with Crippen LogP contribution in [0.15, 0.2) is 29.2 Å². The molecular formula is C15H23N3O4S. The number of hydrogen-bond donors (Lipinski definition) is 2. The molecule has 7 nitrogen and oxygen atoms in total. The highest BCUT2D eigenvalue weighted by Gasteiger charge is 2.15. The van der Waals surface area contributed by atoms with E-state index < -0.39 is 10.0 Å². The molecule has 0 unspecified atom stereocenters. The van der Waals surface area contributed by atoms with Gasteiger partial charge in [-0.1, -0.05) is 6.92 Å². The smallest absolute Gasteiger partial charge is 0.251 e. The van der Waals surface area contributed by atoms with Crippen molar-refractivity contribution in [1.82, 2.24) is 10.2 Å². The van der Waals surface area contributed by atoms with Crippen LogP contribution in [0, 0.1) is 5.92 Å². The third kappa shape index (κ3) is 5.58. The molecule has 8 heteroatoms. The fourth-order valence-electron chi connectivity index (χ4n) is 2.45. The number of benzene rings is 1. The highest BCUT2D eigenvalue weighted by Crippen LogP contribution is 2.09. The molecule has 0 radical (unpaired) electrons. The fraction of sp³-hybridized carbons (Fsp3) is 0.533. The third-order valence-electron chi connectivity index (χ3n) is 3.73. The Hall–Kier alpha value is -1.48. The lowest BCUT2D eigenvalue weighted by Crippen LogP contribution is -2.41. The first-order chi connectivity index (χ1) is 10.9. The number of carbonyl (C=O) groups excluding carboxylic acids is 1. The lowest BCUT2D eigenvalue weighted by molar-refractivity contribution is 0.0317. The minimum Gasteiger partial charge on any atom is -0.379 e. The number of rotatable bonds is 6. The summed E-state index contributed by atoms with van der Waals surface area (Å²) in [7, 11) is -3.73. The normalized spacial score (nSPS) is 17.7. The second kappa shape index (κ2) is 7.87. The Morgan fingerprint density at radius 3 is 2.48 bits per heavy atom. The summed E-state index contributed by atoms with van der Waals surface area (Å²) in [6.45, 7) is 6.92. The topological polar surface area (TPSA) is 102 Å². The first-order valence-electron chi connectivity index (χ1n) is 7.57. The summed E-state index contributed by atoms with van der Waals surface area (Å²) in [5.41, 5.74) is 0.413. The van der Waals surface area contributed by atoms with Gasteiger partial charge in [0, 0.05) is 31.7 Å². The predicted octanol–water partition coefficient (Wildman–Crippen LogP) is 0.0321. The van der Waals surface area contributed by atoms with Crippen molar-refractivity contribution in [1.29, 1.82) is 0 Å². The number of amides is 1. The zero-order chi connectivity index (χ0) is 16.9. The standard InChI is InChI=1S/C15H23N3O4S/c1-12(11-18-6-8-22-9-7-18)10-17-15(19)13-2-4-14(5-3-13)23(16,20)21/h2-5,12H,6-11H2,1H3,(H,17,19)(H2,16,20,21)/t12-/m0/s1. The van der Waals surface area contributed by atoms with Gasteiger partial charge in [0.1, 0.15) is 0 Å². The fourth-order valence-corrected chi connectivity index (χ4v) is 2.97. The van der Waals surface area contributed by atoms with E-state index in [1.165, 1.54) is 24.3 Å². The lowest BCUT2D eigenvalue weighted by atomic mass is 10.1. The van der Waals surface area contributed by atoms with Crippen LogP contribution < -0.4 is 10.5 Å². The van der Waals surface area contributed by atoms with Crippen molar-refractivity contribution in [3.63, 3.8) is 0 Å². The summed E-state index contributed by atoms with van der Waals surface area (Å²) in [6.07, 6.45) is 0. The van der Waals surface area contributed by atoms with Crippen molar-refractivity contribution in [3.8, 4) is 0 Å². The largest absolute Gasteiger partial charge is 0.379 e. The Bertz CT molecular complexity index is 625. The molecule has 0 aromatic heterocycles. The molecule has 3 N–H and O–H groups in total. The van der Waals surface area contributed by atoms with Gasteiger partial charge in [-0.05, 0) is 30.2 Å². The number of primary sulfonamides is 1. The molecule has 1 aromatic carbocycles. The molecular weight excluding hydrogens is 318 g/mol. The van der Waals surface area contributed by atoms with Crippen LogP contribution >= 0.6 is 0 Å². The molecule has 2 rings (SSSR count). The van der Waals surface area contributed by atoms with E-state index in [0.29, 0.717) is 18.0 Å². The molecule has 0 bridgehead atoms. The van der Waals surface area contributed by atoms with Crippen molar-refractivity contribution in [3.05, 3.63) is 29.8 Å². The number of nitrogens with zero attached hydrogens (tertiary/aromatic N) is 1. The van der Waals surface area contributed by atoms with Gasteiger partial charge in [0.2, 0.25) is 10.0 Å². The summed E-state index contributed by atoms with van der Waals surface area (Å²) in [6, 6.07) is 5.59. The van der Waals surface area contributed by atoms with Crippen molar-refractivity contribution in [2.75, 3.05) is 39.4 Å². The molecule has 128 valence electrons. The SMILES string of the molecule is C[C@@H](CNC(=O)c1ccc(S(N)(=O)=O)cc1)CN1CCOCC1. The van der Waals surface area contributed by atoms with Crippen LogP contribution in [0.1, 0.15) is 17.3 Å². The summed E-state index contributed by atoms with van der Waals surface area (Å²) in [5.74, 6) is 0.0977. The molecule has 1 amide bonds. The van der Waals surface area contributed by atoms with E-state index in [1.54, 1.807) is 0 Å². The number of sulfonamides is 1. The molecule has 0 spiro atoms. The Labute approximate surface area is 136 Å². The summed E-state index contributed by atoms with van der Waals surface area (Å²) in [4.78, 5) is 14.4. The van der Waals surface area contributed by atoms with Crippen LogP contribution in [0.5, 0.6) is 0 Å². The van der Waals surface area contributed by atoms with E-state index in [0.717, 1.165) is 32.8 Å². The van der Waals surface area contributed by atoms with Gasteiger partial charge in [0.15, 0.2) is 0 Å². The molecule has 0 saturated carbocycles. The Kier molecular flexibility index (Phi) is 6.11. The first kappa shape index (κ1) is 17.9.